The number of benzene rings is 1. The van der Waals surface area contributed by atoms with E-state index in [-0.39, 0.29) is 17.9 Å². The minimum Gasteiger partial charge on any atom is -0.431 e. The molecule has 0 aromatic heterocycles. The molecule has 5 heteroatoms. The van der Waals surface area contributed by atoms with E-state index in [1.54, 1.807) is 6.07 Å². The second kappa shape index (κ2) is 6.05. The van der Waals surface area contributed by atoms with Gasteiger partial charge in [0.15, 0.2) is 11.5 Å². The van der Waals surface area contributed by atoms with Crippen molar-refractivity contribution in [1.82, 2.24) is 0 Å². The third kappa shape index (κ3) is 3.84. The van der Waals surface area contributed by atoms with Crippen molar-refractivity contribution in [1.29, 1.82) is 0 Å². The molecule has 0 spiro atoms. The second-order valence-corrected chi connectivity index (χ2v) is 3.05. The lowest BCUT2D eigenvalue weighted by molar-refractivity contribution is -0.134. The van der Waals surface area contributed by atoms with Crippen LogP contribution >= 0.6 is 0 Å². The van der Waals surface area contributed by atoms with E-state index in [0.717, 1.165) is 0 Å². The number of hydrogen-bond donors (Lipinski definition) is 0. The molecule has 0 amide bonds. The van der Waals surface area contributed by atoms with E-state index in [1.807, 2.05) is 6.92 Å². The van der Waals surface area contributed by atoms with Gasteiger partial charge in [-0.05, 0) is 18.6 Å². The fourth-order valence-corrected chi connectivity index (χ4v) is 1.11. The predicted molar refractivity (Wildman–Crippen MR) is 53.6 cm³/mol. The molecule has 0 unspecified atom stereocenters. The molecule has 0 bridgehead atoms. The summed E-state index contributed by atoms with van der Waals surface area (Å²) in [6.07, 6.45) is 0.875. The Morgan fingerprint density at radius 2 is 1.94 bits per heavy atom. The molecule has 0 saturated heterocycles. The van der Waals surface area contributed by atoms with E-state index in [1.165, 1.54) is 18.2 Å². The molecule has 88 valence electrons. The van der Waals surface area contributed by atoms with E-state index in [2.05, 4.69) is 4.74 Å². The van der Waals surface area contributed by atoms with Gasteiger partial charge in [0.1, 0.15) is 0 Å². The first-order valence-electron chi connectivity index (χ1n) is 4.88. The van der Waals surface area contributed by atoms with Crippen LogP contribution in [0, 0.1) is 0 Å². The van der Waals surface area contributed by atoms with Crippen molar-refractivity contribution in [3.8, 4) is 11.5 Å². The van der Waals surface area contributed by atoms with Gasteiger partial charge in [0.25, 0.3) is 0 Å². The molecule has 1 rings (SSSR count). The summed E-state index contributed by atoms with van der Waals surface area (Å²) in [5.41, 5.74) is 0. The van der Waals surface area contributed by atoms with Crippen molar-refractivity contribution in [3.63, 3.8) is 0 Å². The van der Waals surface area contributed by atoms with Gasteiger partial charge in [0.2, 0.25) is 0 Å². The molecule has 0 heterocycles. The number of alkyl halides is 2. The Morgan fingerprint density at radius 3 is 2.50 bits per heavy atom. The first-order chi connectivity index (χ1) is 7.63. The highest BCUT2D eigenvalue weighted by atomic mass is 19.3. The number of carbonyl (C=O) groups is 1. The van der Waals surface area contributed by atoms with Crippen molar-refractivity contribution >= 4 is 5.97 Å². The third-order valence-corrected chi connectivity index (χ3v) is 1.74. The zero-order valence-corrected chi connectivity index (χ0v) is 8.78. The van der Waals surface area contributed by atoms with Gasteiger partial charge in [-0.25, -0.2) is 0 Å². The summed E-state index contributed by atoms with van der Waals surface area (Å²) < 4.78 is 33.1. The number of carbonyl (C=O) groups excluding carboxylic acids is 1. The molecule has 3 nitrogen and oxygen atoms in total. The Kier molecular flexibility index (Phi) is 4.69. The summed E-state index contributed by atoms with van der Waals surface area (Å²) >= 11 is 0. The van der Waals surface area contributed by atoms with Gasteiger partial charge in [0, 0.05) is 6.42 Å². The number of ether oxygens (including phenoxy) is 2. The Bertz CT molecular complexity index is 353. The van der Waals surface area contributed by atoms with Gasteiger partial charge in [-0.3, -0.25) is 4.79 Å². The predicted octanol–water partition coefficient (Wildman–Crippen LogP) is 2.99. The summed E-state index contributed by atoms with van der Waals surface area (Å²) in [4.78, 5) is 11.2. The molecule has 0 aliphatic heterocycles. The normalized spacial score (nSPS) is 10.2. The Balaban J connectivity index is 2.74. The van der Waals surface area contributed by atoms with Crippen LogP contribution in [0.5, 0.6) is 11.5 Å². The Hall–Kier alpha value is -1.65. The van der Waals surface area contributed by atoms with Gasteiger partial charge >= 0.3 is 12.6 Å². The van der Waals surface area contributed by atoms with Gasteiger partial charge in [-0.2, -0.15) is 8.78 Å². The number of hydrogen-bond acceptors (Lipinski definition) is 3. The summed E-state index contributed by atoms with van der Waals surface area (Å²) in [5, 5.41) is 0. The lowest BCUT2D eigenvalue weighted by Gasteiger charge is -2.10. The molecular formula is C11H12F2O3. The number of para-hydroxylation sites is 2. The highest BCUT2D eigenvalue weighted by Gasteiger charge is 2.12. The van der Waals surface area contributed by atoms with E-state index in [0.29, 0.717) is 6.42 Å². The zero-order valence-electron chi connectivity index (χ0n) is 8.78. The van der Waals surface area contributed by atoms with E-state index >= 15 is 0 Å². The zero-order chi connectivity index (χ0) is 12.0. The lowest BCUT2D eigenvalue weighted by atomic mass is 10.3. The number of halogens is 2. The first kappa shape index (κ1) is 12.4. The summed E-state index contributed by atoms with van der Waals surface area (Å²) in [7, 11) is 0. The molecule has 0 saturated carbocycles. The molecule has 0 radical (unpaired) electrons. The summed E-state index contributed by atoms with van der Waals surface area (Å²) in [5.74, 6) is -0.587. The van der Waals surface area contributed by atoms with Gasteiger partial charge < -0.3 is 9.47 Å². The molecule has 16 heavy (non-hydrogen) atoms. The molecule has 1 aromatic carbocycles. The van der Waals surface area contributed by atoms with Gasteiger partial charge in [-0.1, -0.05) is 19.1 Å². The molecule has 1 aromatic rings. The van der Waals surface area contributed by atoms with Crippen LogP contribution in [0.1, 0.15) is 19.8 Å². The Labute approximate surface area is 92.0 Å². The maximum atomic E-state index is 12.0. The fourth-order valence-electron chi connectivity index (χ4n) is 1.11. The molecular weight excluding hydrogens is 218 g/mol. The van der Waals surface area contributed by atoms with Crippen LogP contribution in [0.25, 0.3) is 0 Å². The quantitative estimate of drug-likeness (QED) is 0.576. The molecule has 0 aliphatic carbocycles. The van der Waals surface area contributed by atoms with Crippen LogP contribution in [0.15, 0.2) is 24.3 Å². The highest BCUT2D eigenvalue weighted by molar-refractivity contribution is 5.73. The average Bonchev–Trinajstić information content (AvgIpc) is 2.20. The van der Waals surface area contributed by atoms with Crippen molar-refractivity contribution in [2.45, 2.75) is 26.4 Å². The molecule has 0 aliphatic rings. The second-order valence-electron chi connectivity index (χ2n) is 3.05. The van der Waals surface area contributed by atoms with Gasteiger partial charge in [-0.15, -0.1) is 0 Å². The van der Waals surface area contributed by atoms with Crippen LogP contribution in [0.3, 0.4) is 0 Å². The van der Waals surface area contributed by atoms with Crippen LogP contribution in [-0.2, 0) is 4.79 Å². The number of esters is 1. The minimum atomic E-state index is -2.94. The molecule has 0 N–H and O–H groups in total. The summed E-state index contributed by atoms with van der Waals surface area (Å²) in [6.45, 7) is -1.12. The molecule has 0 fully saturated rings. The first-order valence-corrected chi connectivity index (χ1v) is 4.88. The maximum Gasteiger partial charge on any atom is 0.387 e. The average molecular weight is 230 g/mol. The minimum absolute atomic E-state index is 0.0150. The monoisotopic (exact) mass is 230 g/mol. The number of rotatable bonds is 5. The third-order valence-electron chi connectivity index (χ3n) is 1.74. The SMILES string of the molecule is CCCC(=O)Oc1ccccc1OC(F)F. The Morgan fingerprint density at radius 1 is 1.31 bits per heavy atom. The standard InChI is InChI=1S/C11H12F2O3/c1-2-5-10(14)15-8-6-3-4-7-9(8)16-11(12)13/h3-4,6-7,11H,2,5H2,1H3. The smallest absolute Gasteiger partial charge is 0.387 e. The largest absolute Gasteiger partial charge is 0.431 e. The lowest BCUT2D eigenvalue weighted by Crippen LogP contribution is -2.09. The van der Waals surface area contributed by atoms with Crippen molar-refractivity contribution in [2.24, 2.45) is 0 Å². The molecule has 0 atom stereocenters. The van der Waals surface area contributed by atoms with Crippen molar-refractivity contribution in [2.75, 3.05) is 0 Å². The highest BCUT2D eigenvalue weighted by Crippen LogP contribution is 2.28. The van der Waals surface area contributed by atoms with Crippen molar-refractivity contribution < 1.29 is 23.0 Å². The van der Waals surface area contributed by atoms with Crippen LogP contribution < -0.4 is 9.47 Å². The van der Waals surface area contributed by atoms with Crippen molar-refractivity contribution in [3.05, 3.63) is 24.3 Å². The van der Waals surface area contributed by atoms with Crippen LogP contribution in [-0.4, -0.2) is 12.6 Å². The maximum absolute atomic E-state index is 12.0. The van der Waals surface area contributed by atoms with Crippen LogP contribution in [0.2, 0.25) is 0 Å². The topological polar surface area (TPSA) is 35.5 Å². The van der Waals surface area contributed by atoms with E-state index in [4.69, 9.17) is 4.74 Å². The summed E-state index contributed by atoms with van der Waals surface area (Å²) in [6, 6.07) is 5.83. The van der Waals surface area contributed by atoms with Gasteiger partial charge in [0.05, 0.1) is 0 Å². The fraction of sp³-hybridized carbons (Fsp3) is 0.364. The van der Waals surface area contributed by atoms with Crippen LogP contribution in [0.4, 0.5) is 8.78 Å². The van der Waals surface area contributed by atoms with E-state index < -0.39 is 12.6 Å². The van der Waals surface area contributed by atoms with E-state index in [9.17, 15) is 13.6 Å².